The second kappa shape index (κ2) is 6.75. The summed E-state index contributed by atoms with van der Waals surface area (Å²) < 4.78 is 43.4. The van der Waals surface area contributed by atoms with E-state index >= 15 is 0 Å². The zero-order valence-corrected chi connectivity index (χ0v) is 13.5. The summed E-state index contributed by atoms with van der Waals surface area (Å²) >= 11 is 0. The summed E-state index contributed by atoms with van der Waals surface area (Å²) in [6.45, 7) is 4.03. The van der Waals surface area contributed by atoms with Gasteiger partial charge in [-0.1, -0.05) is 0 Å². The second-order valence-corrected chi connectivity index (χ2v) is 8.08. The Labute approximate surface area is 129 Å². The maximum Gasteiger partial charge on any atom is 0.254 e. The molecule has 1 aliphatic rings. The van der Waals surface area contributed by atoms with Crippen LogP contribution >= 0.6 is 0 Å². The first-order valence-corrected chi connectivity index (χ1v) is 8.80. The molecular formula is C15H20FNO4S. The molecular weight excluding hydrogens is 309 g/mol. The van der Waals surface area contributed by atoms with E-state index in [2.05, 4.69) is 5.32 Å². The average molecular weight is 329 g/mol. The molecule has 1 heterocycles. The first kappa shape index (κ1) is 16.9. The van der Waals surface area contributed by atoms with Gasteiger partial charge in [-0.25, -0.2) is 12.8 Å². The van der Waals surface area contributed by atoms with E-state index in [1.807, 2.05) is 0 Å². The molecule has 1 amide bonds. The number of carbonyl (C=O) groups is 1. The predicted octanol–water partition coefficient (Wildman–Crippen LogP) is 1.92. The maximum absolute atomic E-state index is 13.8. The van der Waals surface area contributed by atoms with E-state index in [0.29, 0.717) is 13.2 Å². The van der Waals surface area contributed by atoms with Crippen LogP contribution in [0, 0.1) is 5.82 Å². The van der Waals surface area contributed by atoms with E-state index in [9.17, 15) is 17.6 Å². The van der Waals surface area contributed by atoms with Crippen molar-refractivity contribution in [2.45, 2.75) is 42.9 Å². The van der Waals surface area contributed by atoms with Crippen molar-refractivity contribution in [2.75, 3.05) is 13.2 Å². The van der Waals surface area contributed by atoms with Crippen LogP contribution in [0.4, 0.5) is 4.39 Å². The summed E-state index contributed by atoms with van der Waals surface area (Å²) in [6.07, 6.45) is 1.73. The molecule has 1 atom stereocenters. The van der Waals surface area contributed by atoms with Crippen molar-refractivity contribution in [3.63, 3.8) is 0 Å². The minimum absolute atomic E-state index is 0.0498. The van der Waals surface area contributed by atoms with Crippen LogP contribution < -0.4 is 5.32 Å². The summed E-state index contributed by atoms with van der Waals surface area (Å²) in [5.74, 6) is -1.37. The molecule has 1 aromatic carbocycles. The fourth-order valence-electron chi connectivity index (χ4n) is 2.23. The third-order valence-electron chi connectivity index (χ3n) is 3.65. The Kier molecular flexibility index (Phi) is 5.18. The molecule has 1 N–H and O–H groups in total. The molecule has 1 fully saturated rings. The van der Waals surface area contributed by atoms with Crippen molar-refractivity contribution >= 4 is 15.7 Å². The summed E-state index contributed by atoms with van der Waals surface area (Å²) in [5, 5.41) is 1.95. The van der Waals surface area contributed by atoms with Gasteiger partial charge in [0.05, 0.1) is 21.8 Å². The first-order chi connectivity index (χ1) is 10.3. The molecule has 1 aromatic rings. The van der Waals surface area contributed by atoms with Crippen LogP contribution in [-0.4, -0.2) is 38.8 Å². The fourth-order valence-corrected chi connectivity index (χ4v) is 3.32. The molecule has 0 spiro atoms. The highest BCUT2D eigenvalue weighted by atomic mass is 32.2. The zero-order valence-electron chi connectivity index (χ0n) is 12.6. The Morgan fingerprint density at radius 1 is 1.45 bits per heavy atom. The van der Waals surface area contributed by atoms with Crippen LogP contribution in [0.2, 0.25) is 0 Å². The molecule has 22 heavy (non-hydrogen) atoms. The molecule has 1 saturated heterocycles. The number of hydrogen-bond donors (Lipinski definition) is 1. The molecule has 5 nitrogen and oxygen atoms in total. The van der Waals surface area contributed by atoms with Gasteiger partial charge >= 0.3 is 0 Å². The minimum atomic E-state index is -3.55. The Bertz CT molecular complexity index is 652. The third kappa shape index (κ3) is 3.64. The third-order valence-corrected chi connectivity index (χ3v) is 5.80. The van der Waals surface area contributed by atoms with Crippen LogP contribution in [0.5, 0.6) is 0 Å². The molecule has 2 rings (SSSR count). The van der Waals surface area contributed by atoms with Gasteiger partial charge in [-0.2, -0.15) is 0 Å². The highest BCUT2D eigenvalue weighted by molar-refractivity contribution is 7.92. The van der Waals surface area contributed by atoms with Gasteiger partial charge in [-0.15, -0.1) is 0 Å². The SMILES string of the molecule is CC(C)S(=O)(=O)c1ccc(F)c(C(=O)NCC2CCCO2)c1. The van der Waals surface area contributed by atoms with Crippen molar-refractivity contribution in [3.05, 3.63) is 29.6 Å². The van der Waals surface area contributed by atoms with Gasteiger partial charge in [0.25, 0.3) is 5.91 Å². The maximum atomic E-state index is 13.8. The number of ether oxygens (including phenoxy) is 1. The number of hydrogen-bond acceptors (Lipinski definition) is 4. The molecule has 7 heteroatoms. The van der Waals surface area contributed by atoms with Crippen molar-refractivity contribution < 1.29 is 22.3 Å². The van der Waals surface area contributed by atoms with E-state index in [0.717, 1.165) is 25.0 Å². The molecule has 1 aliphatic heterocycles. The summed E-state index contributed by atoms with van der Waals surface area (Å²) in [4.78, 5) is 12.0. The van der Waals surface area contributed by atoms with Crippen LogP contribution in [-0.2, 0) is 14.6 Å². The fraction of sp³-hybridized carbons (Fsp3) is 0.533. The minimum Gasteiger partial charge on any atom is -0.376 e. The summed E-state index contributed by atoms with van der Waals surface area (Å²) in [6, 6.07) is 3.28. The van der Waals surface area contributed by atoms with Crippen molar-refractivity contribution in [1.29, 1.82) is 0 Å². The van der Waals surface area contributed by atoms with Gasteiger partial charge in [-0.3, -0.25) is 4.79 Å². The lowest BCUT2D eigenvalue weighted by atomic mass is 10.2. The molecule has 1 unspecified atom stereocenters. The van der Waals surface area contributed by atoms with Gasteiger partial charge in [0.2, 0.25) is 0 Å². The summed E-state index contributed by atoms with van der Waals surface area (Å²) in [7, 11) is -3.55. The van der Waals surface area contributed by atoms with Gasteiger partial charge < -0.3 is 10.1 Å². The lowest BCUT2D eigenvalue weighted by molar-refractivity contribution is 0.0854. The standard InChI is InChI=1S/C15H20FNO4S/c1-10(2)22(19,20)12-5-6-14(16)13(8-12)15(18)17-9-11-4-3-7-21-11/h5-6,8,10-11H,3-4,7,9H2,1-2H3,(H,17,18). The van der Waals surface area contributed by atoms with Crippen molar-refractivity contribution in [1.82, 2.24) is 5.32 Å². The van der Waals surface area contributed by atoms with Crippen LogP contribution in [0.25, 0.3) is 0 Å². The van der Waals surface area contributed by atoms with Gasteiger partial charge in [0.15, 0.2) is 9.84 Å². The van der Waals surface area contributed by atoms with Crippen LogP contribution in [0.3, 0.4) is 0 Å². The highest BCUT2D eigenvalue weighted by Crippen LogP contribution is 2.19. The first-order valence-electron chi connectivity index (χ1n) is 7.25. The van der Waals surface area contributed by atoms with Gasteiger partial charge in [-0.05, 0) is 44.9 Å². The predicted molar refractivity (Wildman–Crippen MR) is 80.0 cm³/mol. The highest BCUT2D eigenvalue weighted by Gasteiger charge is 2.23. The molecule has 0 bridgehead atoms. The molecule has 0 aromatic heterocycles. The van der Waals surface area contributed by atoms with Crippen LogP contribution in [0.1, 0.15) is 37.0 Å². The number of halogens is 1. The molecule has 0 aliphatic carbocycles. The smallest absolute Gasteiger partial charge is 0.254 e. The Hall–Kier alpha value is -1.47. The monoisotopic (exact) mass is 329 g/mol. The normalized spacial score (nSPS) is 18.6. The van der Waals surface area contributed by atoms with E-state index in [1.165, 1.54) is 19.9 Å². The van der Waals surface area contributed by atoms with E-state index in [4.69, 9.17) is 4.74 Å². The quantitative estimate of drug-likeness (QED) is 0.838. The molecule has 0 saturated carbocycles. The van der Waals surface area contributed by atoms with E-state index in [-0.39, 0.29) is 16.6 Å². The van der Waals surface area contributed by atoms with Gasteiger partial charge in [0.1, 0.15) is 5.82 Å². The van der Waals surface area contributed by atoms with Crippen molar-refractivity contribution in [3.8, 4) is 0 Å². The Balaban J connectivity index is 2.17. The number of rotatable bonds is 5. The largest absolute Gasteiger partial charge is 0.376 e. The molecule has 122 valence electrons. The van der Waals surface area contributed by atoms with Gasteiger partial charge in [0, 0.05) is 13.2 Å². The summed E-state index contributed by atoms with van der Waals surface area (Å²) in [5.41, 5.74) is -0.264. The lowest BCUT2D eigenvalue weighted by Crippen LogP contribution is -2.32. The Morgan fingerprint density at radius 3 is 2.77 bits per heavy atom. The van der Waals surface area contributed by atoms with E-state index in [1.54, 1.807) is 0 Å². The molecule has 0 radical (unpaired) electrons. The lowest BCUT2D eigenvalue weighted by Gasteiger charge is -2.13. The average Bonchev–Trinajstić information content (AvgIpc) is 2.98. The number of carbonyl (C=O) groups excluding carboxylic acids is 1. The topological polar surface area (TPSA) is 72.5 Å². The van der Waals surface area contributed by atoms with Crippen molar-refractivity contribution in [2.24, 2.45) is 0 Å². The number of benzene rings is 1. The second-order valence-electron chi connectivity index (χ2n) is 5.58. The zero-order chi connectivity index (χ0) is 16.3. The van der Waals surface area contributed by atoms with E-state index < -0.39 is 26.8 Å². The Morgan fingerprint density at radius 2 is 2.18 bits per heavy atom. The van der Waals surface area contributed by atoms with Crippen LogP contribution in [0.15, 0.2) is 23.1 Å². The number of nitrogens with one attached hydrogen (secondary N) is 1. The number of amides is 1. The number of sulfone groups is 1.